The van der Waals surface area contributed by atoms with E-state index < -0.39 is 6.09 Å². The van der Waals surface area contributed by atoms with Crippen LogP contribution in [0.1, 0.15) is 13.8 Å². The van der Waals surface area contributed by atoms with Gasteiger partial charge in [-0.3, -0.25) is 0 Å². The van der Waals surface area contributed by atoms with E-state index in [1.807, 2.05) is 38.1 Å². The van der Waals surface area contributed by atoms with Crippen LogP contribution in [-0.2, 0) is 4.74 Å². The number of carbonyl (C=O) groups is 1. The maximum atomic E-state index is 11.3. The zero-order chi connectivity index (χ0) is 13.8. The molecule has 0 spiro atoms. The number of benzene rings is 1. The first-order chi connectivity index (χ1) is 9.08. The second kappa shape index (κ2) is 5.71. The van der Waals surface area contributed by atoms with Crippen molar-refractivity contribution in [2.45, 2.75) is 20.0 Å². The van der Waals surface area contributed by atoms with Gasteiger partial charge in [-0.15, -0.1) is 0 Å². The molecule has 0 aliphatic carbocycles. The highest BCUT2D eigenvalue weighted by atomic mass is 16.5. The van der Waals surface area contributed by atoms with Gasteiger partial charge in [-0.25, -0.2) is 14.7 Å². The number of aromatic nitrogens is 2. The lowest BCUT2D eigenvalue weighted by atomic mass is 10.3. The largest absolute Gasteiger partial charge is 0.465 e. The van der Waals surface area contributed by atoms with Crippen molar-refractivity contribution in [1.82, 2.24) is 9.97 Å². The van der Waals surface area contributed by atoms with Crippen molar-refractivity contribution < 1.29 is 14.6 Å². The fraction of sp³-hybridized carbons (Fsp3) is 0.385. The van der Waals surface area contributed by atoms with Gasteiger partial charge < -0.3 is 14.8 Å². The highest BCUT2D eigenvalue weighted by Gasteiger charge is 2.18. The zero-order valence-corrected chi connectivity index (χ0v) is 11.0. The predicted octanol–water partition coefficient (Wildman–Crippen LogP) is 2.47. The quantitative estimate of drug-likeness (QED) is 0.868. The summed E-state index contributed by atoms with van der Waals surface area (Å²) in [7, 11) is 0. The molecule has 2 aromatic rings. The minimum Gasteiger partial charge on any atom is -0.465 e. The molecule has 2 rings (SSSR count). The third kappa shape index (κ3) is 3.23. The lowest BCUT2D eigenvalue weighted by Gasteiger charge is -2.16. The van der Waals surface area contributed by atoms with Crippen molar-refractivity contribution in [3.05, 3.63) is 24.3 Å². The molecule has 19 heavy (non-hydrogen) atoms. The first-order valence-electron chi connectivity index (χ1n) is 6.14. The fourth-order valence-electron chi connectivity index (χ4n) is 1.74. The van der Waals surface area contributed by atoms with E-state index in [0.29, 0.717) is 12.6 Å². The summed E-state index contributed by atoms with van der Waals surface area (Å²) in [6.45, 7) is 4.40. The number of amides is 1. The van der Waals surface area contributed by atoms with Gasteiger partial charge >= 0.3 is 6.09 Å². The Hall–Kier alpha value is -2.08. The van der Waals surface area contributed by atoms with E-state index in [1.165, 1.54) is 0 Å². The molecule has 1 amide bonds. The predicted molar refractivity (Wildman–Crippen MR) is 72.6 cm³/mol. The van der Waals surface area contributed by atoms with Gasteiger partial charge in [-0.05, 0) is 26.0 Å². The topological polar surface area (TPSA) is 78.4 Å². The molecule has 0 aliphatic heterocycles. The Kier molecular flexibility index (Phi) is 4.01. The van der Waals surface area contributed by atoms with E-state index in [9.17, 15) is 9.90 Å². The summed E-state index contributed by atoms with van der Waals surface area (Å²) >= 11 is 0. The van der Waals surface area contributed by atoms with Crippen LogP contribution < -0.4 is 4.90 Å². The van der Waals surface area contributed by atoms with Crippen molar-refractivity contribution in [2.24, 2.45) is 0 Å². The van der Waals surface area contributed by atoms with Crippen LogP contribution >= 0.6 is 0 Å². The van der Waals surface area contributed by atoms with Crippen LogP contribution in [0.2, 0.25) is 0 Å². The molecule has 0 aliphatic rings. The molecule has 0 fully saturated rings. The maximum Gasteiger partial charge on any atom is 0.414 e. The van der Waals surface area contributed by atoms with Crippen molar-refractivity contribution in [1.29, 1.82) is 0 Å². The van der Waals surface area contributed by atoms with Gasteiger partial charge in [0.25, 0.3) is 0 Å². The van der Waals surface area contributed by atoms with E-state index >= 15 is 0 Å². The molecule has 0 radical (unpaired) electrons. The summed E-state index contributed by atoms with van der Waals surface area (Å²) in [5.41, 5.74) is 1.56. The van der Waals surface area contributed by atoms with Gasteiger partial charge in [-0.2, -0.15) is 0 Å². The summed E-state index contributed by atoms with van der Waals surface area (Å²) in [5.74, 6) is 0.320. The van der Waals surface area contributed by atoms with Crippen molar-refractivity contribution >= 4 is 23.1 Å². The molecule has 102 valence electrons. The number of nitrogens with zero attached hydrogens (tertiary/aromatic N) is 2. The molecule has 0 bridgehead atoms. The molecule has 6 heteroatoms. The highest BCUT2D eigenvalue weighted by Crippen LogP contribution is 2.17. The lowest BCUT2D eigenvalue weighted by molar-refractivity contribution is 0.0834. The Morgan fingerprint density at radius 2 is 2.21 bits per heavy atom. The lowest BCUT2D eigenvalue weighted by Crippen LogP contribution is -2.34. The molecule has 2 N–H and O–H groups in total. The number of aromatic amines is 1. The molecule has 1 aromatic heterocycles. The number of imidazole rings is 1. The Labute approximate surface area is 111 Å². The van der Waals surface area contributed by atoms with E-state index in [0.717, 1.165) is 15.9 Å². The minimum atomic E-state index is -1.05. The summed E-state index contributed by atoms with van der Waals surface area (Å²) in [4.78, 5) is 19.7. The fourth-order valence-corrected chi connectivity index (χ4v) is 1.74. The van der Waals surface area contributed by atoms with E-state index in [1.54, 1.807) is 0 Å². The van der Waals surface area contributed by atoms with Gasteiger partial charge in [0.1, 0.15) is 0 Å². The number of carboxylic acid groups (broad SMARTS) is 1. The average Bonchev–Trinajstić information content (AvgIpc) is 2.76. The monoisotopic (exact) mass is 263 g/mol. The van der Waals surface area contributed by atoms with Gasteiger partial charge in [0.2, 0.25) is 5.95 Å². The molecule has 0 saturated heterocycles. The van der Waals surface area contributed by atoms with Crippen LogP contribution in [0.5, 0.6) is 0 Å². The Bertz CT molecular complexity index is 532. The summed E-state index contributed by atoms with van der Waals surface area (Å²) in [6, 6.07) is 7.42. The highest BCUT2D eigenvalue weighted by molar-refractivity contribution is 5.87. The second-order valence-corrected chi connectivity index (χ2v) is 4.43. The molecule has 6 nitrogen and oxygen atoms in total. The van der Waals surface area contributed by atoms with E-state index in [-0.39, 0.29) is 12.6 Å². The average molecular weight is 263 g/mol. The Morgan fingerprint density at radius 1 is 1.47 bits per heavy atom. The smallest absolute Gasteiger partial charge is 0.414 e. The van der Waals surface area contributed by atoms with Crippen molar-refractivity contribution in [3.8, 4) is 0 Å². The molecule has 0 unspecified atom stereocenters. The molecule has 0 atom stereocenters. The third-order valence-electron chi connectivity index (χ3n) is 2.63. The molecule has 1 heterocycles. The standard InChI is InChI=1S/C13H17N3O3/c1-9(2)19-8-7-16(13(17)18)12-14-10-5-3-4-6-11(10)15-12/h3-6,9H,7-8H2,1-2H3,(H,14,15)(H,17,18). The number of hydrogen-bond donors (Lipinski definition) is 2. The number of nitrogens with one attached hydrogen (secondary N) is 1. The van der Waals surface area contributed by atoms with Crippen molar-refractivity contribution in [2.75, 3.05) is 18.1 Å². The van der Waals surface area contributed by atoms with E-state index in [2.05, 4.69) is 9.97 Å². The molecular weight excluding hydrogens is 246 g/mol. The Morgan fingerprint density at radius 3 is 2.84 bits per heavy atom. The molecule has 0 saturated carbocycles. The zero-order valence-electron chi connectivity index (χ0n) is 11.0. The van der Waals surface area contributed by atoms with Gasteiger partial charge in [0.15, 0.2) is 0 Å². The number of anilines is 1. The van der Waals surface area contributed by atoms with Crippen molar-refractivity contribution in [3.63, 3.8) is 0 Å². The SMILES string of the molecule is CC(C)OCCN(C(=O)O)c1nc2ccccc2[nH]1. The third-order valence-corrected chi connectivity index (χ3v) is 2.63. The van der Waals surface area contributed by atoms with Gasteiger partial charge in [-0.1, -0.05) is 12.1 Å². The second-order valence-electron chi connectivity index (χ2n) is 4.43. The van der Waals surface area contributed by atoms with E-state index in [4.69, 9.17) is 4.74 Å². The number of hydrogen-bond acceptors (Lipinski definition) is 3. The molecular formula is C13H17N3O3. The number of para-hydroxylation sites is 2. The van der Waals surface area contributed by atoms with Crippen LogP contribution in [0, 0.1) is 0 Å². The van der Waals surface area contributed by atoms with Gasteiger partial charge in [0, 0.05) is 0 Å². The maximum absolute atomic E-state index is 11.3. The Balaban J connectivity index is 2.16. The number of fused-ring (bicyclic) bond motifs is 1. The summed E-state index contributed by atoms with van der Waals surface area (Å²) in [5, 5.41) is 9.23. The number of ether oxygens (including phenoxy) is 1. The first kappa shape index (κ1) is 13.4. The van der Waals surface area contributed by atoms with Crippen LogP contribution in [0.15, 0.2) is 24.3 Å². The summed E-state index contributed by atoms with van der Waals surface area (Å²) < 4.78 is 5.37. The first-order valence-corrected chi connectivity index (χ1v) is 6.14. The van der Waals surface area contributed by atoms with Crippen LogP contribution in [0.25, 0.3) is 11.0 Å². The minimum absolute atomic E-state index is 0.0753. The number of rotatable bonds is 5. The summed E-state index contributed by atoms with van der Waals surface area (Å²) in [6.07, 6.45) is -0.974. The van der Waals surface area contributed by atoms with Crippen LogP contribution in [0.3, 0.4) is 0 Å². The normalized spacial score (nSPS) is 11.1. The number of H-pyrrole nitrogens is 1. The van der Waals surface area contributed by atoms with Gasteiger partial charge in [0.05, 0.1) is 30.3 Å². The van der Waals surface area contributed by atoms with Crippen LogP contribution in [0.4, 0.5) is 10.7 Å². The van der Waals surface area contributed by atoms with Crippen LogP contribution in [-0.4, -0.2) is 40.4 Å². The molecule has 1 aromatic carbocycles.